The van der Waals surface area contributed by atoms with E-state index in [2.05, 4.69) is 0 Å². The predicted octanol–water partition coefficient (Wildman–Crippen LogP) is 2.66. The van der Waals surface area contributed by atoms with Crippen LogP contribution in [-0.2, 0) is 20.0 Å². The van der Waals surface area contributed by atoms with Gasteiger partial charge < -0.3 is 0 Å². The number of hydrogen-bond donors (Lipinski definition) is 0. The molecule has 8 heteroatoms. The van der Waals surface area contributed by atoms with Crippen LogP contribution in [0.15, 0.2) is 60.7 Å². The van der Waals surface area contributed by atoms with Gasteiger partial charge in [0, 0.05) is 13.1 Å². The van der Waals surface area contributed by atoms with Crippen molar-refractivity contribution in [3.63, 3.8) is 0 Å². The molecule has 0 aliphatic heterocycles. The lowest BCUT2D eigenvalue weighted by molar-refractivity contribution is 0.584. The number of para-hydroxylation sites is 2. The number of nitrogens with zero attached hydrogens (tertiary/aromatic N) is 2. The first-order valence-electron chi connectivity index (χ1n) is 7.92. The second-order valence-electron chi connectivity index (χ2n) is 5.34. The Hall–Kier alpha value is -2.06. The van der Waals surface area contributed by atoms with E-state index < -0.39 is 25.1 Å². The van der Waals surface area contributed by atoms with Crippen LogP contribution in [-0.4, -0.2) is 35.0 Å². The molecule has 0 aliphatic rings. The van der Waals surface area contributed by atoms with Gasteiger partial charge >= 0.3 is 0 Å². The van der Waals surface area contributed by atoms with E-state index in [1.165, 1.54) is 0 Å². The van der Waals surface area contributed by atoms with E-state index in [9.17, 15) is 16.8 Å². The minimum atomic E-state index is -4.04. The van der Waals surface area contributed by atoms with E-state index in [1.54, 1.807) is 74.5 Å². The van der Waals surface area contributed by atoms with Crippen LogP contribution in [0.1, 0.15) is 13.8 Å². The summed E-state index contributed by atoms with van der Waals surface area (Å²) in [6.07, 6.45) is 0. The summed E-state index contributed by atoms with van der Waals surface area (Å²) in [5.74, 6) is 0. The zero-order valence-electron chi connectivity index (χ0n) is 14.2. The quantitative estimate of drug-likeness (QED) is 0.703. The van der Waals surface area contributed by atoms with E-state index in [0.717, 1.165) is 8.61 Å². The highest BCUT2D eigenvalue weighted by Gasteiger charge is 2.32. The van der Waals surface area contributed by atoms with Crippen molar-refractivity contribution < 1.29 is 16.8 Å². The maximum atomic E-state index is 12.7. The molecule has 2 rings (SSSR count). The topological polar surface area (TPSA) is 74.8 Å². The molecule has 2 aromatic carbocycles. The molecule has 2 aromatic rings. The Kier molecular flexibility index (Phi) is 6.07. The number of anilines is 2. The Morgan fingerprint density at radius 1 is 0.640 bits per heavy atom. The maximum absolute atomic E-state index is 12.7. The van der Waals surface area contributed by atoms with Crippen LogP contribution in [0, 0.1) is 0 Å². The monoisotopic (exact) mass is 382 g/mol. The maximum Gasteiger partial charge on any atom is 0.251 e. The van der Waals surface area contributed by atoms with Crippen LogP contribution >= 0.6 is 0 Å². The fourth-order valence-corrected chi connectivity index (χ4v) is 6.78. The molecule has 0 fully saturated rings. The summed E-state index contributed by atoms with van der Waals surface area (Å²) in [5, 5.41) is -0.981. The zero-order chi connectivity index (χ0) is 18.5. The third-order valence-electron chi connectivity index (χ3n) is 3.63. The van der Waals surface area contributed by atoms with Crippen LogP contribution in [0.5, 0.6) is 0 Å². The van der Waals surface area contributed by atoms with Gasteiger partial charge in [-0.2, -0.15) is 0 Å². The second-order valence-corrected chi connectivity index (χ2v) is 9.49. The fourth-order valence-electron chi connectivity index (χ4n) is 2.58. The lowest BCUT2D eigenvalue weighted by Gasteiger charge is -2.26. The van der Waals surface area contributed by atoms with E-state index in [-0.39, 0.29) is 13.1 Å². The van der Waals surface area contributed by atoms with Gasteiger partial charge in [-0.3, -0.25) is 8.61 Å². The number of sulfonamides is 2. The summed E-state index contributed by atoms with van der Waals surface area (Å²) in [6, 6.07) is 17.0. The third kappa shape index (κ3) is 4.52. The minimum Gasteiger partial charge on any atom is -0.270 e. The van der Waals surface area contributed by atoms with Crippen molar-refractivity contribution in [2.24, 2.45) is 0 Å². The highest BCUT2D eigenvalue weighted by Crippen LogP contribution is 2.22. The van der Waals surface area contributed by atoms with Crippen LogP contribution < -0.4 is 8.61 Å². The van der Waals surface area contributed by atoms with Gasteiger partial charge in [0.1, 0.15) is 0 Å². The number of benzene rings is 2. The van der Waals surface area contributed by atoms with Crippen molar-refractivity contribution in [1.29, 1.82) is 0 Å². The predicted molar refractivity (Wildman–Crippen MR) is 102 cm³/mol. The normalized spacial score (nSPS) is 11.9. The van der Waals surface area contributed by atoms with Crippen LogP contribution in [0.25, 0.3) is 0 Å². The Balaban J connectivity index is 2.34. The molecule has 25 heavy (non-hydrogen) atoms. The largest absolute Gasteiger partial charge is 0.270 e. The van der Waals surface area contributed by atoms with Gasteiger partial charge in [0.15, 0.2) is 5.08 Å². The molecule has 0 saturated heterocycles. The van der Waals surface area contributed by atoms with Gasteiger partial charge in [-0.25, -0.2) is 16.8 Å². The standard InChI is InChI=1S/C17H22N2O4S2/c1-3-18(16-11-7-5-8-12-16)24(20,21)15-25(22,23)19(4-2)17-13-9-6-10-14-17/h5-14H,3-4,15H2,1-2H3. The SMILES string of the molecule is CCN(c1ccccc1)S(=O)(=O)CS(=O)(=O)N(CC)c1ccccc1. The van der Waals surface area contributed by atoms with Gasteiger partial charge in [0.25, 0.3) is 20.0 Å². The van der Waals surface area contributed by atoms with E-state index in [1.807, 2.05) is 0 Å². The smallest absolute Gasteiger partial charge is 0.251 e. The van der Waals surface area contributed by atoms with Crippen LogP contribution in [0.3, 0.4) is 0 Å². The van der Waals surface area contributed by atoms with Crippen LogP contribution in [0.2, 0.25) is 0 Å². The van der Waals surface area contributed by atoms with Crippen molar-refractivity contribution in [1.82, 2.24) is 0 Å². The second kappa shape index (κ2) is 7.88. The summed E-state index contributed by atoms with van der Waals surface area (Å²) in [7, 11) is -8.09. The fraction of sp³-hybridized carbons (Fsp3) is 0.294. The Bertz CT molecular complexity index is 807. The lowest BCUT2D eigenvalue weighted by atomic mass is 10.3. The highest BCUT2D eigenvalue weighted by atomic mass is 32.3. The van der Waals surface area contributed by atoms with Gasteiger partial charge in [-0.1, -0.05) is 36.4 Å². The molecule has 0 N–H and O–H groups in total. The molecule has 6 nitrogen and oxygen atoms in total. The Morgan fingerprint density at radius 2 is 0.960 bits per heavy atom. The molecule has 0 atom stereocenters. The first-order chi connectivity index (χ1) is 11.8. The minimum absolute atomic E-state index is 0.152. The van der Waals surface area contributed by atoms with Crippen molar-refractivity contribution in [2.45, 2.75) is 13.8 Å². The van der Waals surface area contributed by atoms with Gasteiger partial charge in [0.2, 0.25) is 0 Å². The van der Waals surface area contributed by atoms with Crippen molar-refractivity contribution in [2.75, 3.05) is 26.8 Å². The van der Waals surface area contributed by atoms with Crippen molar-refractivity contribution in [3.8, 4) is 0 Å². The first-order valence-corrected chi connectivity index (χ1v) is 11.1. The third-order valence-corrected chi connectivity index (χ3v) is 8.30. The molecule has 0 bridgehead atoms. The Labute approximate surface area is 149 Å². The van der Waals surface area contributed by atoms with Crippen molar-refractivity contribution >= 4 is 31.4 Å². The van der Waals surface area contributed by atoms with Gasteiger partial charge in [0.05, 0.1) is 11.4 Å². The van der Waals surface area contributed by atoms with Crippen molar-refractivity contribution in [3.05, 3.63) is 60.7 Å². The molecular weight excluding hydrogens is 360 g/mol. The van der Waals surface area contributed by atoms with Gasteiger partial charge in [-0.05, 0) is 38.1 Å². The summed E-state index contributed by atoms with van der Waals surface area (Å²) >= 11 is 0. The highest BCUT2D eigenvalue weighted by molar-refractivity contribution is 8.09. The molecule has 0 unspecified atom stereocenters. The summed E-state index contributed by atoms with van der Waals surface area (Å²) in [6.45, 7) is 3.65. The molecule has 0 amide bonds. The molecule has 0 saturated carbocycles. The van der Waals surface area contributed by atoms with Gasteiger partial charge in [-0.15, -0.1) is 0 Å². The Morgan fingerprint density at radius 3 is 1.24 bits per heavy atom. The molecule has 0 aliphatic carbocycles. The molecule has 0 heterocycles. The molecule has 0 aromatic heterocycles. The molecule has 0 radical (unpaired) electrons. The van der Waals surface area contributed by atoms with E-state index >= 15 is 0 Å². The molecule has 0 spiro atoms. The lowest BCUT2D eigenvalue weighted by Crippen LogP contribution is -2.41. The van der Waals surface area contributed by atoms with E-state index in [0.29, 0.717) is 11.4 Å². The molecular formula is C17H22N2O4S2. The molecule has 136 valence electrons. The van der Waals surface area contributed by atoms with E-state index in [4.69, 9.17) is 0 Å². The average molecular weight is 383 g/mol. The summed E-state index contributed by atoms with van der Waals surface area (Å²) < 4.78 is 53.2. The average Bonchev–Trinajstić information content (AvgIpc) is 2.56. The number of hydrogen-bond acceptors (Lipinski definition) is 4. The first kappa shape index (κ1) is 19.3. The zero-order valence-corrected chi connectivity index (χ0v) is 15.9. The number of rotatable bonds is 8. The van der Waals surface area contributed by atoms with Crippen LogP contribution in [0.4, 0.5) is 11.4 Å². The summed E-state index contributed by atoms with van der Waals surface area (Å²) in [4.78, 5) is 0. The summed E-state index contributed by atoms with van der Waals surface area (Å²) in [5.41, 5.74) is 0.894.